The molecule has 2 aromatic heterocycles. The van der Waals surface area contributed by atoms with Crippen LogP contribution in [0.2, 0.25) is 0 Å². The fraction of sp³-hybridized carbons (Fsp3) is 0.167. The van der Waals surface area contributed by atoms with E-state index in [2.05, 4.69) is 20.7 Å². The Kier molecular flexibility index (Phi) is 5.60. The summed E-state index contributed by atoms with van der Waals surface area (Å²) in [6, 6.07) is 12.6. The van der Waals surface area contributed by atoms with Crippen LogP contribution in [0.5, 0.6) is 5.75 Å². The van der Waals surface area contributed by atoms with Gasteiger partial charge in [-0.05, 0) is 29.8 Å². The molecule has 0 aliphatic heterocycles. The van der Waals surface area contributed by atoms with E-state index in [-0.39, 0.29) is 6.03 Å². The summed E-state index contributed by atoms with van der Waals surface area (Å²) in [4.78, 5) is 16.0. The zero-order valence-electron chi connectivity index (χ0n) is 13.6. The third kappa shape index (κ3) is 5.35. The van der Waals surface area contributed by atoms with E-state index in [4.69, 9.17) is 4.74 Å². The zero-order valence-corrected chi connectivity index (χ0v) is 13.6. The van der Waals surface area contributed by atoms with E-state index in [1.165, 1.54) is 0 Å². The molecular weight excluding hydrogens is 318 g/mol. The standard InChI is InChI=1S/C18H19N5O2/c24-18(20-14-15-4-2-7-19-13-15)22-16-5-1-6-17(12-16)25-11-10-23-9-3-8-21-23/h1-9,12-13H,10-11,14H2,(H2,20,22,24). The Labute approximate surface area is 145 Å². The molecule has 0 saturated carbocycles. The fourth-order valence-corrected chi connectivity index (χ4v) is 2.21. The van der Waals surface area contributed by atoms with Crippen LogP contribution in [-0.2, 0) is 13.1 Å². The number of hydrogen-bond acceptors (Lipinski definition) is 4. The van der Waals surface area contributed by atoms with Crippen LogP contribution in [0.15, 0.2) is 67.3 Å². The van der Waals surface area contributed by atoms with Gasteiger partial charge in [-0.2, -0.15) is 5.10 Å². The molecule has 0 aliphatic carbocycles. The fourth-order valence-electron chi connectivity index (χ4n) is 2.21. The van der Waals surface area contributed by atoms with Gasteiger partial charge in [-0.15, -0.1) is 0 Å². The summed E-state index contributed by atoms with van der Waals surface area (Å²) >= 11 is 0. The Morgan fingerprint density at radius 2 is 2.12 bits per heavy atom. The molecule has 0 unspecified atom stereocenters. The second-order valence-electron chi connectivity index (χ2n) is 5.31. The first kappa shape index (κ1) is 16.5. The number of hydrogen-bond donors (Lipinski definition) is 2. The van der Waals surface area contributed by atoms with Crippen LogP contribution in [0, 0.1) is 0 Å². The maximum atomic E-state index is 12.0. The second kappa shape index (κ2) is 8.49. The number of anilines is 1. The summed E-state index contributed by atoms with van der Waals surface area (Å²) in [6.45, 7) is 1.58. The molecule has 2 amide bonds. The van der Waals surface area contributed by atoms with Crippen molar-refractivity contribution >= 4 is 11.7 Å². The molecule has 3 rings (SSSR count). The summed E-state index contributed by atoms with van der Waals surface area (Å²) < 4.78 is 7.49. The molecule has 0 radical (unpaired) electrons. The monoisotopic (exact) mass is 337 g/mol. The van der Waals surface area contributed by atoms with Gasteiger partial charge in [-0.1, -0.05) is 12.1 Å². The summed E-state index contributed by atoms with van der Waals surface area (Å²) in [5.41, 5.74) is 1.61. The van der Waals surface area contributed by atoms with Gasteiger partial charge in [0, 0.05) is 43.1 Å². The normalized spacial score (nSPS) is 10.2. The van der Waals surface area contributed by atoms with Crippen molar-refractivity contribution in [2.45, 2.75) is 13.1 Å². The van der Waals surface area contributed by atoms with Crippen molar-refractivity contribution in [3.63, 3.8) is 0 Å². The van der Waals surface area contributed by atoms with Gasteiger partial charge in [0.1, 0.15) is 12.4 Å². The number of nitrogens with one attached hydrogen (secondary N) is 2. The van der Waals surface area contributed by atoms with Crippen LogP contribution >= 0.6 is 0 Å². The molecule has 0 aliphatic rings. The highest BCUT2D eigenvalue weighted by atomic mass is 16.5. The Balaban J connectivity index is 1.46. The van der Waals surface area contributed by atoms with E-state index in [0.29, 0.717) is 31.1 Å². The second-order valence-corrected chi connectivity index (χ2v) is 5.31. The van der Waals surface area contributed by atoms with Crippen molar-refractivity contribution in [2.24, 2.45) is 0 Å². The van der Waals surface area contributed by atoms with Crippen molar-refractivity contribution in [3.05, 3.63) is 72.8 Å². The molecule has 7 heteroatoms. The van der Waals surface area contributed by atoms with Gasteiger partial charge in [-0.3, -0.25) is 9.67 Å². The number of urea groups is 1. The van der Waals surface area contributed by atoms with Gasteiger partial charge in [0.25, 0.3) is 0 Å². The average Bonchev–Trinajstić information content (AvgIpc) is 3.15. The number of benzene rings is 1. The number of nitrogens with zero attached hydrogens (tertiary/aromatic N) is 3. The predicted molar refractivity (Wildman–Crippen MR) is 94.3 cm³/mol. The highest BCUT2D eigenvalue weighted by Gasteiger charge is 2.03. The Morgan fingerprint density at radius 1 is 1.16 bits per heavy atom. The summed E-state index contributed by atoms with van der Waals surface area (Å²) in [5.74, 6) is 0.692. The molecule has 0 fully saturated rings. The third-order valence-corrected chi connectivity index (χ3v) is 3.42. The van der Waals surface area contributed by atoms with Crippen LogP contribution in [0.25, 0.3) is 0 Å². The van der Waals surface area contributed by atoms with E-state index in [0.717, 1.165) is 5.56 Å². The highest BCUT2D eigenvalue weighted by molar-refractivity contribution is 5.89. The van der Waals surface area contributed by atoms with Crippen LogP contribution in [0.4, 0.5) is 10.5 Å². The minimum atomic E-state index is -0.280. The molecule has 0 saturated heterocycles. The number of carbonyl (C=O) groups is 1. The lowest BCUT2D eigenvalue weighted by molar-refractivity contribution is 0.251. The number of pyridine rings is 1. The van der Waals surface area contributed by atoms with E-state index in [1.807, 2.05) is 42.6 Å². The molecule has 2 N–H and O–H groups in total. The van der Waals surface area contributed by atoms with Crippen LogP contribution in [0.1, 0.15) is 5.56 Å². The molecule has 0 spiro atoms. The van der Waals surface area contributed by atoms with Crippen LogP contribution in [0.3, 0.4) is 0 Å². The largest absolute Gasteiger partial charge is 0.492 e. The average molecular weight is 337 g/mol. The lowest BCUT2D eigenvalue weighted by Crippen LogP contribution is -2.28. The van der Waals surface area contributed by atoms with Crippen molar-refractivity contribution < 1.29 is 9.53 Å². The zero-order chi connectivity index (χ0) is 17.3. The van der Waals surface area contributed by atoms with Crippen molar-refractivity contribution in [1.82, 2.24) is 20.1 Å². The molecular formula is C18H19N5O2. The maximum absolute atomic E-state index is 12.0. The summed E-state index contributed by atoms with van der Waals surface area (Å²) in [5, 5.41) is 9.69. The molecule has 7 nitrogen and oxygen atoms in total. The van der Waals surface area contributed by atoms with E-state index in [1.54, 1.807) is 29.3 Å². The SMILES string of the molecule is O=C(NCc1cccnc1)Nc1cccc(OCCn2cccn2)c1. The van der Waals surface area contributed by atoms with Gasteiger partial charge in [0.15, 0.2) is 0 Å². The van der Waals surface area contributed by atoms with Crippen molar-refractivity contribution in [1.29, 1.82) is 0 Å². The first-order chi connectivity index (χ1) is 12.3. The van der Waals surface area contributed by atoms with Crippen molar-refractivity contribution in [3.8, 4) is 5.75 Å². The highest BCUT2D eigenvalue weighted by Crippen LogP contribution is 2.17. The molecule has 3 aromatic rings. The Bertz CT molecular complexity index is 790. The van der Waals surface area contributed by atoms with Gasteiger partial charge < -0.3 is 15.4 Å². The first-order valence-electron chi connectivity index (χ1n) is 7.94. The molecule has 0 bridgehead atoms. The predicted octanol–water partition coefficient (Wildman–Crippen LogP) is 2.68. The number of aromatic nitrogens is 3. The Morgan fingerprint density at radius 3 is 2.92 bits per heavy atom. The Hall–Kier alpha value is -3.35. The van der Waals surface area contributed by atoms with Gasteiger partial charge >= 0.3 is 6.03 Å². The lowest BCUT2D eigenvalue weighted by atomic mass is 10.3. The topological polar surface area (TPSA) is 81.1 Å². The smallest absolute Gasteiger partial charge is 0.319 e. The van der Waals surface area contributed by atoms with Crippen LogP contribution in [-0.4, -0.2) is 27.4 Å². The first-order valence-corrected chi connectivity index (χ1v) is 7.94. The molecule has 128 valence electrons. The molecule has 2 heterocycles. The van der Waals surface area contributed by atoms with Gasteiger partial charge in [0.05, 0.1) is 6.54 Å². The van der Waals surface area contributed by atoms with E-state index < -0.39 is 0 Å². The van der Waals surface area contributed by atoms with Gasteiger partial charge in [-0.25, -0.2) is 4.79 Å². The number of amides is 2. The molecule has 1 aromatic carbocycles. The third-order valence-electron chi connectivity index (χ3n) is 3.42. The quantitative estimate of drug-likeness (QED) is 0.694. The number of rotatable bonds is 7. The lowest BCUT2D eigenvalue weighted by Gasteiger charge is -2.10. The number of carbonyl (C=O) groups excluding carboxylic acids is 1. The molecule has 25 heavy (non-hydrogen) atoms. The number of ether oxygens (including phenoxy) is 1. The maximum Gasteiger partial charge on any atom is 0.319 e. The molecule has 0 atom stereocenters. The van der Waals surface area contributed by atoms with Crippen molar-refractivity contribution in [2.75, 3.05) is 11.9 Å². The minimum Gasteiger partial charge on any atom is -0.492 e. The van der Waals surface area contributed by atoms with E-state index >= 15 is 0 Å². The van der Waals surface area contributed by atoms with Crippen LogP contribution < -0.4 is 15.4 Å². The summed E-state index contributed by atoms with van der Waals surface area (Å²) in [7, 11) is 0. The van der Waals surface area contributed by atoms with Gasteiger partial charge in [0.2, 0.25) is 0 Å². The van der Waals surface area contributed by atoms with E-state index in [9.17, 15) is 4.79 Å². The minimum absolute atomic E-state index is 0.280. The summed E-state index contributed by atoms with van der Waals surface area (Å²) in [6.07, 6.45) is 7.03.